The Morgan fingerprint density at radius 3 is 2.55 bits per heavy atom. The van der Waals surface area contributed by atoms with Crippen LogP contribution >= 0.6 is 7.82 Å². The summed E-state index contributed by atoms with van der Waals surface area (Å²) in [5.74, 6) is -1.05. The van der Waals surface area contributed by atoms with Crippen LogP contribution in [-0.4, -0.2) is 19.1 Å². The molecule has 2 rings (SSSR count). The number of carbonyl (C=O) groups excluding carboxylic acids is 1. The number of anilines is 1. The van der Waals surface area contributed by atoms with E-state index in [-0.39, 0.29) is 18.8 Å². The number of halogens is 1. The molecule has 1 aliphatic rings. The molecule has 1 aromatic rings. The molecule has 1 unspecified atom stereocenters. The summed E-state index contributed by atoms with van der Waals surface area (Å²) in [5.41, 5.74) is 0.690. The number of amides is 1. The summed E-state index contributed by atoms with van der Waals surface area (Å²) in [6.45, 7) is 3.44. The van der Waals surface area contributed by atoms with Gasteiger partial charge in [-0.25, -0.2) is 8.96 Å². The molecule has 20 heavy (non-hydrogen) atoms. The zero-order valence-electron chi connectivity index (χ0n) is 11.1. The molecule has 0 fully saturated rings. The van der Waals surface area contributed by atoms with E-state index in [0.29, 0.717) is 5.69 Å². The third-order valence-corrected chi connectivity index (χ3v) is 4.22. The molecule has 6 nitrogen and oxygen atoms in total. The van der Waals surface area contributed by atoms with Crippen molar-refractivity contribution in [2.24, 2.45) is 0 Å². The topological polar surface area (TPSA) is 73.9 Å². The van der Waals surface area contributed by atoms with E-state index >= 15 is 0 Å². The zero-order valence-corrected chi connectivity index (χ0v) is 12.0. The van der Waals surface area contributed by atoms with Crippen LogP contribution in [0.5, 0.6) is 0 Å². The second kappa shape index (κ2) is 6.01. The summed E-state index contributed by atoms with van der Waals surface area (Å²) in [7, 11) is -3.86. The standard InChI is InChI=1S/C12H15FNO5P/c1-3-17-20(16,18-4-2)19-11-9-7-8(13)5-6-10(9)14-12(11)15/h5-7,11H,3-4H2,1-2H3,(H,14,15). The molecule has 1 amide bonds. The van der Waals surface area contributed by atoms with Crippen molar-refractivity contribution in [3.8, 4) is 0 Å². The highest BCUT2D eigenvalue weighted by atomic mass is 31.2. The van der Waals surface area contributed by atoms with Gasteiger partial charge in [0.05, 0.1) is 13.2 Å². The van der Waals surface area contributed by atoms with Crippen LogP contribution in [0.3, 0.4) is 0 Å². The molecule has 0 aliphatic carbocycles. The van der Waals surface area contributed by atoms with Gasteiger partial charge in [-0.15, -0.1) is 0 Å². The van der Waals surface area contributed by atoms with Crippen molar-refractivity contribution in [3.63, 3.8) is 0 Å². The second-order valence-corrected chi connectivity index (χ2v) is 5.61. The largest absolute Gasteiger partial charge is 0.475 e. The van der Waals surface area contributed by atoms with Crippen molar-refractivity contribution in [1.82, 2.24) is 0 Å². The van der Waals surface area contributed by atoms with Crippen molar-refractivity contribution in [3.05, 3.63) is 29.6 Å². The molecule has 1 N–H and O–H groups in total. The van der Waals surface area contributed by atoms with Crippen molar-refractivity contribution >= 4 is 19.4 Å². The van der Waals surface area contributed by atoms with Gasteiger partial charge in [0.1, 0.15) is 5.82 Å². The molecule has 0 radical (unpaired) electrons. The monoisotopic (exact) mass is 303 g/mol. The Hall–Kier alpha value is -1.27. The van der Waals surface area contributed by atoms with Gasteiger partial charge in [0.2, 0.25) is 0 Å². The van der Waals surface area contributed by atoms with Crippen molar-refractivity contribution in [2.45, 2.75) is 20.0 Å². The minimum atomic E-state index is -3.86. The summed E-state index contributed by atoms with van der Waals surface area (Å²) in [4.78, 5) is 11.8. The first-order valence-electron chi connectivity index (χ1n) is 6.17. The fraction of sp³-hybridized carbons (Fsp3) is 0.417. The van der Waals surface area contributed by atoms with Gasteiger partial charge in [-0.3, -0.25) is 18.4 Å². The van der Waals surface area contributed by atoms with Gasteiger partial charge >= 0.3 is 7.82 Å². The molecule has 0 saturated heterocycles. The third-order valence-electron chi connectivity index (χ3n) is 2.60. The lowest BCUT2D eigenvalue weighted by molar-refractivity contribution is -0.123. The smallest absolute Gasteiger partial charge is 0.323 e. The fourth-order valence-corrected chi connectivity index (χ4v) is 3.15. The van der Waals surface area contributed by atoms with Crippen LogP contribution in [0, 0.1) is 5.82 Å². The number of carbonyl (C=O) groups is 1. The highest BCUT2D eigenvalue weighted by molar-refractivity contribution is 7.48. The number of hydrogen-bond acceptors (Lipinski definition) is 5. The van der Waals surface area contributed by atoms with E-state index < -0.39 is 25.7 Å². The molecule has 0 spiro atoms. The van der Waals surface area contributed by atoms with Crippen LogP contribution in [0.1, 0.15) is 25.5 Å². The van der Waals surface area contributed by atoms with Gasteiger partial charge in [0.15, 0.2) is 6.10 Å². The number of rotatable bonds is 6. The van der Waals surface area contributed by atoms with E-state index in [1.165, 1.54) is 12.1 Å². The van der Waals surface area contributed by atoms with Gasteiger partial charge < -0.3 is 5.32 Å². The van der Waals surface area contributed by atoms with E-state index in [1.54, 1.807) is 13.8 Å². The minimum absolute atomic E-state index is 0.0988. The third kappa shape index (κ3) is 3.07. The lowest BCUT2D eigenvalue weighted by Crippen LogP contribution is -2.15. The van der Waals surface area contributed by atoms with E-state index in [4.69, 9.17) is 13.6 Å². The maximum atomic E-state index is 13.3. The van der Waals surface area contributed by atoms with E-state index in [1.807, 2.05) is 0 Å². The maximum Gasteiger partial charge on any atom is 0.475 e. The maximum absolute atomic E-state index is 13.3. The zero-order chi connectivity index (χ0) is 14.8. The molecule has 0 bridgehead atoms. The van der Waals surface area contributed by atoms with E-state index in [2.05, 4.69) is 5.32 Å². The SMILES string of the molecule is CCOP(=O)(OCC)OC1C(=O)Nc2ccc(F)cc21. The first kappa shape index (κ1) is 15.1. The van der Waals surface area contributed by atoms with Crippen LogP contribution in [0.2, 0.25) is 0 Å². The average molecular weight is 303 g/mol. The van der Waals surface area contributed by atoms with Crippen molar-refractivity contribution in [1.29, 1.82) is 0 Å². The van der Waals surface area contributed by atoms with E-state index in [9.17, 15) is 13.8 Å². The number of benzene rings is 1. The predicted octanol–water partition coefficient (Wildman–Crippen LogP) is 3.02. The molecule has 1 heterocycles. The Bertz CT molecular complexity index is 555. The first-order valence-corrected chi connectivity index (χ1v) is 7.63. The van der Waals surface area contributed by atoms with Crippen LogP contribution in [0.4, 0.5) is 10.1 Å². The highest BCUT2D eigenvalue weighted by Gasteiger charge is 2.39. The number of nitrogens with one attached hydrogen (secondary N) is 1. The Morgan fingerprint density at radius 1 is 1.30 bits per heavy atom. The van der Waals surface area contributed by atoms with Gasteiger partial charge in [0.25, 0.3) is 5.91 Å². The highest BCUT2D eigenvalue weighted by Crippen LogP contribution is 2.54. The minimum Gasteiger partial charge on any atom is -0.323 e. The van der Waals surface area contributed by atoms with Crippen molar-refractivity contribution < 1.29 is 27.3 Å². The molecule has 8 heteroatoms. The lowest BCUT2D eigenvalue weighted by Gasteiger charge is -2.19. The average Bonchev–Trinajstić information content (AvgIpc) is 2.66. The Morgan fingerprint density at radius 2 is 1.95 bits per heavy atom. The molecule has 110 valence electrons. The van der Waals surface area contributed by atoms with Crippen LogP contribution in [0.25, 0.3) is 0 Å². The van der Waals surface area contributed by atoms with Gasteiger partial charge in [-0.2, -0.15) is 0 Å². The van der Waals surface area contributed by atoms with Gasteiger partial charge in [-0.05, 0) is 32.0 Å². The summed E-state index contributed by atoms with van der Waals surface area (Å²) in [6, 6.07) is 3.78. The normalized spacial score (nSPS) is 17.9. The predicted molar refractivity (Wildman–Crippen MR) is 69.7 cm³/mol. The second-order valence-electron chi connectivity index (χ2n) is 3.99. The Kier molecular flexibility index (Phi) is 4.55. The molecule has 0 aromatic heterocycles. The molecular weight excluding hydrogens is 288 g/mol. The number of fused-ring (bicyclic) bond motifs is 1. The van der Waals surface area contributed by atoms with Crippen molar-refractivity contribution in [2.75, 3.05) is 18.5 Å². The summed E-state index contributed by atoms with van der Waals surface area (Å²) in [6.07, 6.45) is -1.22. The van der Waals surface area contributed by atoms with E-state index in [0.717, 1.165) is 6.07 Å². The fourth-order valence-electron chi connectivity index (χ4n) is 1.85. The number of phosphoric acid groups is 1. The van der Waals surface area contributed by atoms with Gasteiger partial charge in [0, 0.05) is 11.3 Å². The summed E-state index contributed by atoms with van der Waals surface area (Å²) in [5, 5.41) is 2.52. The van der Waals surface area contributed by atoms with Crippen LogP contribution in [0.15, 0.2) is 18.2 Å². The van der Waals surface area contributed by atoms with Crippen LogP contribution in [-0.2, 0) is 22.9 Å². The molecule has 1 aromatic carbocycles. The number of phosphoric ester groups is 1. The summed E-state index contributed by atoms with van der Waals surface area (Å²) < 4.78 is 40.7. The van der Waals surface area contributed by atoms with Crippen LogP contribution < -0.4 is 5.32 Å². The Balaban J connectivity index is 2.27. The lowest BCUT2D eigenvalue weighted by atomic mass is 10.1. The molecule has 1 aliphatic heterocycles. The number of hydrogen-bond donors (Lipinski definition) is 1. The molecule has 1 atom stereocenters. The molecular formula is C12H15FNO5P. The first-order chi connectivity index (χ1) is 9.49. The summed E-state index contributed by atoms with van der Waals surface area (Å²) >= 11 is 0. The Labute approximate surface area is 115 Å². The molecule has 0 saturated carbocycles. The quantitative estimate of drug-likeness (QED) is 0.818. The van der Waals surface area contributed by atoms with Gasteiger partial charge in [-0.1, -0.05) is 0 Å².